The Labute approximate surface area is 94.7 Å². The molecule has 1 amide bonds. The highest BCUT2D eigenvalue weighted by atomic mass is 16.7. The van der Waals surface area contributed by atoms with Crippen LogP contribution in [0.2, 0.25) is 0 Å². The zero-order valence-corrected chi connectivity index (χ0v) is 9.45. The van der Waals surface area contributed by atoms with Crippen molar-refractivity contribution in [2.75, 3.05) is 32.7 Å². The molecule has 5 heteroatoms. The number of carbonyl (C=O) groups excluding carboxylic acids is 1. The van der Waals surface area contributed by atoms with E-state index in [9.17, 15) is 4.79 Å². The van der Waals surface area contributed by atoms with Gasteiger partial charge in [0.15, 0.2) is 0 Å². The van der Waals surface area contributed by atoms with Gasteiger partial charge in [-0.2, -0.15) is 0 Å². The predicted octanol–water partition coefficient (Wildman–Crippen LogP) is 1.04. The first-order valence-electron chi connectivity index (χ1n) is 4.97. The molecule has 1 rings (SSSR count). The van der Waals surface area contributed by atoms with Crippen LogP contribution < -0.4 is 10.8 Å². The van der Waals surface area contributed by atoms with Crippen LogP contribution in [0.4, 0.5) is 5.69 Å². The zero-order valence-electron chi connectivity index (χ0n) is 9.45. The molecule has 2 N–H and O–H groups in total. The minimum absolute atomic E-state index is 0.277. The molecule has 5 nitrogen and oxygen atoms in total. The minimum atomic E-state index is -0.277. The lowest BCUT2D eigenvalue weighted by Gasteiger charge is -2.09. The van der Waals surface area contributed by atoms with Crippen molar-refractivity contribution in [3.63, 3.8) is 0 Å². The van der Waals surface area contributed by atoms with Crippen LogP contribution in [-0.2, 0) is 9.57 Å². The minimum Gasteiger partial charge on any atom is -0.387 e. The zero-order chi connectivity index (χ0) is 11.8. The number of carbonyl (C=O) groups is 1. The fourth-order valence-electron chi connectivity index (χ4n) is 1.20. The lowest BCUT2D eigenvalue weighted by Crippen LogP contribution is -2.26. The maximum atomic E-state index is 11.7. The summed E-state index contributed by atoms with van der Waals surface area (Å²) in [7, 11) is 3.33. The van der Waals surface area contributed by atoms with Crippen molar-refractivity contribution in [1.29, 1.82) is 0 Å². The molecule has 0 aliphatic rings. The maximum absolute atomic E-state index is 11.7. The average Bonchev–Trinajstić information content (AvgIpc) is 2.34. The van der Waals surface area contributed by atoms with Gasteiger partial charge in [0.1, 0.15) is 0 Å². The van der Waals surface area contributed by atoms with Crippen molar-refractivity contribution in [2.24, 2.45) is 0 Å². The van der Waals surface area contributed by atoms with Gasteiger partial charge >= 0.3 is 0 Å². The smallest absolute Gasteiger partial charge is 0.276 e. The van der Waals surface area contributed by atoms with E-state index >= 15 is 0 Å². The van der Waals surface area contributed by atoms with Crippen LogP contribution in [0.25, 0.3) is 0 Å². The molecule has 0 atom stereocenters. The van der Waals surface area contributed by atoms with Gasteiger partial charge in [0.2, 0.25) is 0 Å². The van der Waals surface area contributed by atoms with Crippen molar-refractivity contribution in [3.05, 3.63) is 29.8 Å². The molecule has 1 aromatic carbocycles. The van der Waals surface area contributed by atoms with Crippen LogP contribution in [0.3, 0.4) is 0 Å². The number of para-hydroxylation sites is 1. The predicted molar refractivity (Wildman–Crippen MR) is 61.3 cm³/mol. The molecule has 0 aromatic heterocycles. The summed E-state index contributed by atoms with van der Waals surface area (Å²) < 4.78 is 4.79. The van der Waals surface area contributed by atoms with Crippen molar-refractivity contribution < 1.29 is 14.4 Å². The van der Waals surface area contributed by atoms with Crippen LogP contribution in [0.15, 0.2) is 24.3 Å². The topological polar surface area (TPSA) is 59.6 Å². The lowest BCUT2D eigenvalue weighted by atomic mass is 10.1. The Bertz CT molecular complexity index is 342. The van der Waals surface area contributed by atoms with Gasteiger partial charge in [-0.3, -0.25) is 9.63 Å². The van der Waals surface area contributed by atoms with Crippen LogP contribution in [0.1, 0.15) is 10.4 Å². The van der Waals surface area contributed by atoms with E-state index in [1.165, 1.54) is 0 Å². The van der Waals surface area contributed by atoms with Gasteiger partial charge in [0.05, 0.1) is 18.8 Å². The van der Waals surface area contributed by atoms with E-state index in [0.717, 1.165) is 5.69 Å². The molecule has 0 aliphatic carbocycles. The third kappa shape index (κ3) is 3.52. The number of hydrogen-bond donors (Lipinski definition) is 2. The highest BCUT2D eigenvalue weighted by Crippen LogP contribution is 2.13. The molecule has 0 bridgehead atoms. The molecule has 0 unspecified atom stereocenters. The number of ether oxygens (including phenoxy) is 1. The summed E-state index contributed by atoms with van der Waals surface area (Å²) in [5.41, 5.74) is 3.65. The lowest BCUT2D eigenvalue weighted by molar-refractivity contribution is 0.00894. The molecule has 0 heterocycles. The third-order valence-electron chi connectivity index (χ3n) is 2.00. The summed E-state index contributed by atoms with van der Waals surface area (Å²) in [6, 6.07) is 7.20. The molecule has 88 valence electrons. The fraction of sp³-hybridized carbons (Fsp3) is 0.364. The molecule has 0 radical (unpaired) electrons. The SMILES string of the molecule is CNc1ccccc1C(=O)NOCCOC. The van der Waals surface area contributed by atoms with E-state index in [0.29, 0.717) is 18.8 Å². The Kier molecular flexibility index (Phi) is 5.31. The molecule has 1 aromatic rings. The Morgan fingerprint density at radius 1 is 1.31 bits per heavy atom. The number of rotatable bonds is 6. The molecule has 0 fully saturated rings. The van der Waals surface area contributed by atoms with Gasteiger partial charge in [-0.25, -0.2) is 5.48 Å². The number of methoxy groups -OCH3 is 1. The number of benzene rings is 1. The van der Waals surface area contributed by atoms with Gasteiger partial charge < -0.3 is 10.1 Å². The number of hydrogen-bond acceptors (Lipinski definition) is 4. The Hall–Kier alpha value is -1.59. The summed E-state index contributed by atoms with van der Waals surface area (Å²) in [6.07, 6.45) is 0. The monoisotopic (exact) mass is 224 g/mol. The second-order valence-electron chi connectivity index (χ2n) is 3.07. The Morgan fingerprint density at radius 2 is 2.06 bits per heavy atom. The summed E-state index contributed by atoms with van der Waals surface area (Å²) in [4.78, 5) is 16.6. The normalized spacial score (nSPS) is 9.88. The quantitative estimate of drug-likeness (QED) is 0.560. The van der Waals surface area contributed by atoms with E-state index in [4.69, 9.17) is 9.57 Å². The van der Waals surface area contributed by atoms with Crippen molar-refractivity contribution in [3.8, 4) is 0 Å². The van der Waals surface area contributed by atoms with E-state index in [1.54, 1.807) is 26.3 Å². The van der Waals surface area contributed by atoms with E-state index in [1.807, 2.05) is 12.1 Å². The molecule has 0 saturated carbocycles. The molecule has 0 aliphatic heterocycles. The highest BCUT2D eigenvalue weighted by molar-refractivity contribution is 5.98. The van der Waals surface area contributed by atoms with E-state index < -0.39 is 0 Å². The van der Waals surface area contributed by atoms with Gasteiger partial charge in [-0.1, -0.05) is 12.1 Å². The third-order valence-corrected chi connectivity index (χ3v) is 2.00. The summed E-state index contributed by atoms with van der Waals surface area (Å²) in [5, 5.41) is 2.94. The van der Waals surface area contributed by atoms with E-state index in [-0.39, 0.29) is 5.91 Å². The largest absolute Gasteiger partial charge is 0.387 e. The molecule has 16 heavy (non-hydrogen) atoms. The van der Waals surface area contributed by atoms with E-state index in [2.05, 4.69) is 10.8 Å². The number of hydroxylamine groups is 1. The first kappa shape index (κ1) is 12.5. The highest BCUT2D eigenvalue weighted by Gasteiger charge is 2.09. The molecule has 0 saturated heterocycles. The fourth-order valence-corrected chi connectivity index (χ4v) is 1.20. The summed E-state index contributed by atoms with van der Waals surface area (Å²) in [6.45, 7) is 0.762. The average molecular weight is 224 g/mol. The maximum Gasteiger partial charge on any atom is 0.276 e. The second kappa shape index (κ2) is 6.81. The van der Waals surface area contributed by atoms with Crippen LogP contribution in [0.5, 0.6) is 0 Å². The van der Waals surface area contributed by atoms with Crippen LogP contribution >= 0.6 is 0 Å². The van der Waals surface area contributed by atoms with Crippen molar-refractivity contribution >= 4 is 11.6 Å². The van der Waals surface area contributed by atoms with Crippen molar-refractivity contribution in [1.82, 2.24) is 5.48 Å². The van der Waals surface area contributed by atoms with Crippen LogP contribution in [0, 0.1) is 0 Å². The molecule has 0 spiro atoms. The molecular formula is C11H16N2O3. The molecular weight excluding hydrogens is 208 g/mol. The number of anilines is 1. The standard InChI is InChI=1S/C11H16N2O3/c1-12-10-6-4-3-5-9(10)11(14)13-16-8-7-15-2/h3-6,12H,7-8H2,1-2H3,(H,13,14). The number of nitrogens with one attached hydrogen (secondary N) is 2. The summed E-state index contributed by atoms with van der Waals surface area (Å²) >= 11 is 0. The first-order chi connectivity index (χ1) is 7.79. The number of amides is 1. The van der Waals surface area contributed by atoms with Gasteiger partial charge in [-0.15, -0.1) is 0 Å². The second-order valence-corrected chi connectivity index (χ2v) is 3.07. The Balaban J connectivity index is 2.52. The van der Waals surface area contributed by atoms with Crippen molar-refractivity contribution in [2.45, 2.75) is 0 Å². The van der Waals surface area contributed by atoms with Crippen LogP contribution in [-0.4, -0.2) is 33.3 Å². The van der Waals surface area contributed by atoms with Gasteiger partial charge in [-0.05, 0) is 12.1 Å². The van der Waals surface area contributed by atoms with Gasteiger partial charge in [0.25, 0.3) is 5.91 Å². The Morgan fingerprint density at radius 3 is 2.75 bits per heavy atom. The first-order valence-corrected chi connectivity index (χ1v) is 4.97. The summed E-state index contributed by atoms with van der Waals surface area (Å²) in [5.74, 6) is -0.277. The van der Waals surface area contributed by atoms with Gasteiger partial charge in [0, 0.05) is 19.8 Å².